The maximum Gasteiger partial charge on any atom is 0.116 e. The average molecular weight is 615 g/mol. The first-order valence-electron chi connectivity index (χ1n) is 15.9. The van der Waals surface area contributed by atoms with Crippen LogP contribution in [0.15, 0.2) is 158 Å². The summed E-state index contributed by atoms with van der Waals surface area (Å²) in [5.41, 5.74) is 7.90. The largest absolute Gasteiger partial charge is 0.236 e. The summed E-state index contributed by atoms with van der Waals surface area (Å²) in [4.78, 5) is 9.78. The highest BCUT2D eigenvalue weighted by Gasteiger charge is 2.17. The number of benzene rings is 8. The van der Waals surface area contributed by atoms with E-state index in [1.54, 1.807) is 6.33 Å². The van der Waals surface area contributed by atoms with Crippen LogP contribution in [0.3, 0.4) is 0 Å². The molecule has 10 rings (SSSR count). The molecule has 0 saturated carbocycles. The van der Waals surface area contributed by atoms with Gasteiger partial charge in [0.15, 0.2) is 0 Å². The summed E-state index contributed by atoms with van der Waals surface area (Å²) in [7, 11) is 0. The van der Waals surface area contributed by atoms with Crippen LogP contribution in [0.2, 0.25) is 0 Å². The van der Waals surface area contributed by atoms with Crippen molar-refractivity contribution >= 4 is 74.7 Å². The molecule has 0 bridgehead atoms. The van der Waals surface area contributed by atoms with Gasteiger partial charge < -0.3 is 0 Å². The second-order valence-corrected chi connectivity index (χ2v) is 13.2. The summed E-state index contributed by atoms with van der Waals surface area (Å²) < 4.78 is 2.65. The molecule has 0 N–H and O–H groups in total. The summed E-state index contributed by atoms with van der Waals surface area (Å²) in [6, 6.07) is 55.0. The second kappa shape index (κ2) is 10.3. The van der Waals surface area contributed by atoms with Gasteiger partial charge in [0.1, 0.15) is 6.33 Å². The van der Waals surface area contributed by atoms with Gasteiger partial charge in [-0.05, 0) is 73.5 Å². The van der Waals surface area contributed by atoms with Crippen LogP contribution in [0.4, 0.5) is 0 Å². The Hall–Kier alpha value is -5.90. The molecule has 2 aromatic heterocycles. The lowest BCUT2D eigenvalue weighted by Crippen LogP contribution is -1.93. The first kappa shape index (κ1) is 26.3. The maximum absolute atomic E-state index is 4.94. The number of thiophene rings is 1. The molecular formula is C44H26N2S. The van der Waals surface area contributed by atoms with E-state index in [0.717, 1.165) is 27.5 Å². The zero-order valence-corrected chi connectivity index (χ0v) is 26.1. The summed E-state index contributed by atoms with van der Waals surface area (Å²) in [6.07, 6.45) is 1.72. The standard InChI is InChI=1S/C44H26N2S/c1-2-14-31-27(11-1)24-30(32-20-10-21-38-35-17-7-8-22-40(35)47-44(32)38)25-39(31)28-12-9-13-29(23-28)42-41-36-18-5-3-15-33(36)34-16-4-6-19-37(34)43(41)46-26-45-42/h1-26H. The van der Waals surface area contributed by atoms with Gasteiger partial charge in [-0.2, -0.15) is 0 Å². The topological polar surface area (TPSA) is 25.8 Å². The van der Waals surface area contributed by atoms with Gasteiger partial charge in [0.05, 0.1) is 11.2 Å². The third kappa shape index (κ3) is 4.04. The molecule has 0 spiro atoms. The van der Waals surface area contributed by atoms with Crippen LogP contribution in [0.5, 0.6) is 0 Å². The van der Waals surface area contributed by atoms with Crippen LogP contribution in [-0.2, 0) is 0 Å². The minimum atomic E-state index is 0.953. The molecule has 2 heterocycles. The van der Waals surface area contributed by atoms with Crippen LogP contribution >= 0.6 is 11.3 Å². The molecule has 218 valence electrons. The Kier molecular flexibility index (Phi) is 5.78. The second-order valence-electron chi connectivity index (χ2n) is 12.1. The number of aromatic nitrogens is 2. The average Bonchev–Trinajstić information content (AvgIpc) is 3.53. The third-order valence-corrected chi connectivity index (χ3v) is 10.8. The Morgan fingerprint density at radius 1 is 0.404 bits per heavy atom. The van der Waals surface area contributed by atoms with Crippen molar-refractivity contribution in [1.29, 1.82) is 0 Å². The summed E-state index contributed by atoms with van der Waals surface area (Å²) >= 11 is 1.88. The van der Waals surface area contributed by atoms with E-state index in [0.29, 0.717) is 0 Å². The number of hydrogen-bond acceptors (Lipinski definition) is 3. The van der Waals surface area contributed by atoms with E-state index in [1.807, 2.05) is 11.3 Å². The van der Waals surface area contributed by atoms with Crippen molar-refractivity contribution in [1.82, 2.24) is 9.97 Å². The van der Waals surface area contributed by atoms with E-state index in [1.165, 1.54) is 69.4 Å². The minimum Gasteiger partial charge on any atom is -0.236 e. The monoisotopic (exact) mass is 614 g/mol. The van der Waals surface area contributed by atoms with E-state index in [9.17, 15) is 0 Å². The molecule has 0 aliphatic rings. The van der Waals surface area contributed by atoms with Gasteiger partial charge in [-0.25, -0.2) is 9.97 Å². The highest BCUT2D eigenvalue weighted by Crippen LogP contribution is 2.43. The summed E-state index contributed by atoms with van der Waals surface area (Å²) in [6.45, 7) is 0. The van der Waals surface area contributed by atoms with Crippen LogP contribution in [0, 0.1) is 0 Å². The number of hydrogen-bond donors (Lipinski definition) is 0. The Morgan fingerprint density at radius 2 is 1.06 bits per heavy atom. The van der Waals surface area contributed by atoms with Crippen LogP contribution in [0.25, 0.3) is 96.9 Å². The zero-order valence-electron chi connectivity index (χ0n) is 25.3. The van der Waals surface area contributed by atoms with Crippen molar-refractivity contribution in [3.05, 3.63) is 158 Å². The van der Waals surface area contributed by atoms with Gasteiger partial charge in [-0.3, -0.25) is 0 Å². The van der Waals surface area contributed by atoms with Gasteiger partial charge in [0.25, 0.3) is 0 Å². The SMILES string of the molecule is c1cc(-c2cc(-c3cccc4c3sc3ccccc34)cc3ccccc23)cc(-c2ncnc3c4ccccc4c4ccccc4c23)c1. The van der Waals surface area contributed by atoms with Crippen molar-refractivity contribution in [2.75, 3.05) is 0 Å². The lowest BCUT2D eigenvalue weighted by molar-refractivity contribution is 1.23. The first-order valence-corrected chi connectivity index (χ1v) is 16.7. The molecule has 0 aliphatic heterocycles. The van der Waals surface area contributed by atoms with E-state index in [2.05, 4.69) is 152 Å². The van der Waals surface area contributed by atoms with Crippen molar-refractivity contribution in [3.63, 3.8) is 0 Å². The molecule has 0 atom stereocenters. The van der Waals surface area contributed by atoms with Crippen molar-refractivity contribution in [2.45, 2.75) is 0 Å². The van der Waals surface area contributed by atoms with Crippen molar-refractivity contribution in [2.24, 2.45) is 0 Å². The normalized spacial score (nSPS) is 11.8. The van der Waals surface area contributed by atoms with Crippen LogP contribution in [0.1, 0.15) is 0 Å². The fourth-order valence-electron chi connectivity index (χ4n) is 7.44. The van der Waals surface area contributed by atoms with E-state index in [-0.39, 0.29) is 0 Å². The third-order valence-electron chi connectivity index (χ3n) is 9.54. The van der Waals surface area contributed by atoms with Gasteiger partial charge in [0.2, 0.25) is 0 Å². The first-order chi connectivity index (χ1) is 23.3. The molecule has 10 aromatic rings. The van der Waals surface area contributed by atoms with E-state index >= 15 is 0 Å². The molecule has 0 amide bonds. The number of fused-ring (bicyclic) bond motifs is 10. The molecule has 3 heteroatoms. The highest BCUT2D eigenvalue weighted by atomic mass is 32.1. The molecular weight excluding hydrogens is 589 g/mol. The van der Waals surface area contributed by atoms with Gasteiger partial charge in [-0.1, -0.05) is 127 Å². The van der Waals surface area contributed by atoms with Crippen molar-refractivity contribution in [3.8, 4) is 33.5 Å². The van der Waals surface area contributed by atoms with E-state index in [4.69, 9.17) is 9.97 Å². The molecule has 0 aliphatic carbocycles. The Balaban J connectivity index is 1.22. The van der Waals surface area contributed by atoms with Gasteiger partial charge >= 0.3 is 0 Å². The highest BCUT2D eigenvalue weighted by molar-refractivity contribution is 7.26. The summed E-state index contributed by atoms with van der Waals surface area (Å²) in [5.74, 6) is 0. The number of rotatable bonds is 3. The molecule has 2 nitrogen and oxygen atoms in total. The van der Waals surface area contributed by atoms with Crippen LogP contribution in [-0.4, -0.2) is 9.97 Å². The molecule has 47 heavy (non-hydrogen) atoms. The molecule has 0 unspecified atom stereocenters. The zero-order chi connectivity index (χ0) is 30.9. The van der Waals surface area contributed by atoms with Crippen molar-refractivity contribution < 1.29 is 0 Å². The molecule has 0 saturated heterocycles. The summed E-state index contributed by atoms with van der Waals surface area (Å²) in [5, 5.41) is 10.9. The number of nitrogens with zero attached hydrogens (tertiary/aromatic N) is 2. The van der Waals surface area contributed by atoms with Gasteiger partial charge in [-0.15, -0.1) is 11.3 Å². The van der Waals surface area contributed by atoms with Gasteiger partial charge in [0, 0.05) is 36.5 Å². The fraction of sp³-hybridized carbons (Fsp3) is 0. The fourth-order valence-corrected chi connectivity index (χ4v) is 8.68. The predicted octanol–water partition coefficient (Wildman–Crippen LogP) is 12.5. The quantitative estimate of drug-likeness (QED) is 0.185. The smallest absolute Gasteiger partial charge is 0.116 e. The Labute approximate surface area is 275 Å². The molecule has 8 aromatic carbocycles. The van der Waals surface area contributed by atoms with E-state index < -0.39 is 0 Å². The Bertz CT molecular complexity index is 2820. The lowest BCUT2D eigenvalue weighted by atomic mass is 9.90. The predicted molar refractivity (Wildman–Crippen MR) is 201 cm³/mol. The molecule has 0 radical (unpaired) electrons. The van der Waals surface area contributed by atoms with Crippen LogP contribution < -0.4 is 0 Å². The minimum absolute atomic E-state index is 0.953. The lowest BCUT2D eigenvalue weighted by Gasteiger charge is -2.15. The Morgan fingerprint density at radius 3 is 1.94 bits per heavy atom. The maximum atomic E-state index is 4.94. The molecule has 0 fully saturated rings.